The van der Waals surface area contributed by atoms with E-state index in [2.05, 4.69) is 5.32 Å². The molecular weight excluding hydrogens is 282 g/mol. The van der Waals surface area contributed by atoms with E-state index in [1.54, 1.807) is 0 Å². The van der Waals surface area contributed by atoms with Crippen molar-refractivity contribution in [3.05, 3.63) is 0 Å². The highest BCUT2D eigenvalue weighted by Crippen LogP contribution is 2.26. The molecule has 0 aliphatic carbocycles. The fourth-order valence-electron chi connectivity index (χ4n) is 2.39. The number of esters is 1. The second-order valence-electron chi connectivity index (χ2n) is 4.71. The highest BCUT2D eigenvalue weighted by atomic mass is 16.7. The number of hydrogen-bond donors (Lipinski definition) is 1. The van der Waals surface area contributed by atoms with E-state index in [-0.39, 0.29) is 12.5 Å². The van der Waals surface area contributed by atoms with Crippen LogP contribution < -0.4 is 5.32 Å². The molecular formula is C13H23NO7. The first-order valence-corrected chi connectivity index (χ1v) is 6.58. The van der Waals surface area contributed by atoms with Crippen LogP contribution in [0.3, 0.4) is 0 Å². The molecule has 1 N–H and O–H groups in total. The van der Waals surface area contributed by atoms with Crippen LogP contribution in [0, 0.1) is 0 Å². The Labute approximate surface area is 124 Å². The fraction of sp³-hybridized carbons (Fsp3) is 0.846. The zero-order valence-corrected chi connectivity index (χ0v) is 13.0. The van der Waals surface area contributed by atoms with Gasteiger partial charge in [-0.05, 0) is 0 Å². The predicted molar refractivity (Wildman–Crippen MR) is 71.5 cm³/mol. The Kier molecular flexibility index (Phi) is 7.03. The summed E-state index contributed by atoms with van der Waals surface area (Å²) in [6, 6.07) is -0.531. The van der Waals surface area contributed by atoms with E-state index in [1.807, 2.05) is 0 Å². The predicted octanol–water partition coefficient (Wildman–Crippen LogP) is -0.544. The molecule has 8 nitrogen and oxygen atoms in total. The summed E-state index contributed by atoms with van der Waals surface area (Å²) in [6.07, 6.45) is -2.31. The summed E-state index contributed by atoms with van der Waals surface area (Å²) in [5, 5.41) is 2.73. The van der Waals surface area contributed by atoms with E-state index >= 15 is 0 Å². The first-order valence-electron chi connectivity index (χ1n) is 6.58. The molecule has 0 saturated carbocycles. The smallest absolute Gasteiger partial charge is 0.302 e. The third-order valence-electron chi connectivity index (χ3n) is 3.24. The molecule has 1 heterocycles. The van der Waals surface area contributed by atoms with E-state index in [4.69, 9.17) is 23.7 Å². The Morgan fingerprint density at radius 2 is 1.67 bits per heavy atom. The minimum absolute atomic E-state index is 0.0142. The van der Waals surface area contributed by atoms with Crippen LogP contribution in [-0.4, -0.2) is 70.5 Å². The molecule has 0 aromatic heterocycles. The molecule has 122 valence electrons. The number of hydrogen-bond acceptors (Lipinski definition) is 7. The summed E-state index contributed by atoms with van der Waals surface area (Å²) in [4.78, 5) is 22.3. The van der Waals surface area contributed by atoms with Gasteiger partial charge in [0.25, 0.3) is 0 Å². The number of methoxy groups -OCH3 is 3. The molecule has 0 bridgehead atoms. The van der Waals surface area contributed by atoms with Gasteiger partial charge >= 0.3 is 5.97 Å². The molecule has 1 saturated heterocycles. The van der Waals surface area contributed by atoms with Crippen LogP contribution in [0.25, 0.3) is 0 Å². The number of nitrogens with one attached hydrogen (secondary N) is 1. The van der Waals surface area contributed by atoms with Crippen LogP contribution in [-0.2, 0) is 33.3 Å². The van der Waals surface area contributed by atoms with Crippen molar-refractivity contribution in [2.45, 2.75) is 44.5 Å². The zero-order chi connectivity index (χ0) is 16.0. The summed E-state index contributed by atoms with van der Waals surface area (Å²) in [5.41, 5.74) is 0. The molecule has 0 unspecified atom stereocenters. The van der Waals surface area contributed by atoms with Gasteiger partial charge in [-0.15, -0.1) is 0 Å². The fourth-order valence-corrected chi connectivity index (χ4v) is 2.39. The lowest BCUT2D eigenvalue weighted by atomic mass is 9.96. The van der Waals surface area contributed by atoms with Gasteiger partial charge in [0.15, 0.2) is 6.29 Å². The Morgan fingerprint density at radius 1 is 1.05 bits per heavy atom. The van der Waals surface area contributed by atoms with E-state index in [1.165, 1.54) is 35.2 Å². The average molecular weight is 305 g/mol. The summed E-state index contributed by atoms with van der Waals surface area (Å²) < 4.78 is 26.8. The SMILES string of the molecule is CO[C@H]1O[C@H](COC(C)=O)[C@@H](OC)[C@H](OC)[C@H]1NC(C)=O. The van der Waals surface area contributed by atoms with Gasteiger partial charge in [0, 0.05) is 35.2 Å². The van der Waals surface area contributed by atoms with Gasteiger partial charge in [0.05, 0.1) is 0 Å². The molecule has 1 amide bonds. The summed E-state index contributed by atoms with van der Waals surface area (Å²) in [6.45, 7) is 2.72. The van der Waals surface area contributed by atoms with Gasteiger partial charge in [-0.1, -0.05) is 0 Å². The monoisotopic (exact) mass is 305 g/mol. The Morgan fingerprint density at radius 3 is 2.10 bits per heavy atom. The van der Waals surface area contributed by atoms with Gasteiger partial charge in [0.1, 0.15) is 31.0 Å². The molecule has 8 heteroatoms. The molecule has 1 aliphatic heterocycles. The molecule has 0 aromatic carbocycles. The quantitative estimate of drug-likeness (QED) is 0.659. The molecule has 0 aromatic rings. The maximum Gasteiger partial charge on any atom is 0.302 e. The molecule has 1 aliphatic rings. The lowest BCUT2D eigenvalue weighted by Crippen LogP contribution is -2.65. The van der Waals surface area contributed by atoms with Crippen molar-refractivity contribution in [2.24, 2.45) is 0 Å². The van der Waals surface area contributed by atoms with Crippen LogP contribution in [0.2, 0.25) is 0 Å². The summed E-state index contributed by atoms with van der Waals surface area (Å²) in [7, 11) is 4.47. The Hall–Kier alpha value is -1.22. The first kappa shape index (κ1) is 17.8. The zero-order valence-electron chi connectivity index (χ0n) is 13.0. The molecule has 5 atom stereocenters. The lowest BCUT2D eigenvalue weighted by molar-refractivity contribution is -0.272. The third-order valence-corrected chi connectivity index (χ3v) is 3.24. The van der Waals surface area contributed by atoms with Crippen LogP contribution in [0.1, 0.15) is 13.8 Å². The van der Waals surface area contributed by atoms with Gasteiger partial charge in [-0.3, -0.25) is 9.59 Å². The topological polar surface area (TPSA) is 92.3 Å². The normalized spacial score (nSPS) is 32.5. The van der Waals surface area contributed by atoms with E-state index in [0.717, 1.165) is 0 Å². The largest absolute Gasteiger partial charge is 0.463 e. The Bertz CT molecular complexity index is 362. The van der Waals surface area contributed by atoms with Crippen molar-refractivity contribution in [3.8, 4) is 0 Å². The van der Waals surface area contributed by atoms with Crippen molar-refractivity contribution in [1.29, 1.82) is 0 Å². The van der Waals surface area contributed by atoms with Gasteiger partial charge in [-0.25, -0.2) is 0 Å². The van der Waals surface area contributed by atoms with Crippen molar-refractivity contribution in [1.82, 2.24) is 5.32 Å². The van der Waals surface area contributed by atoms with Crippen molar-refractivity contribution < 1.29 is 33.3 Å². The minimum atomic E-state index is -0.731. The van der Waals surface area contributed by atoms with Crippen LogP contribution in [0.5, 0.6) is 0 Å². The molecule has 0 radical (unpaired) electrons. The first-order chi connectivity index (χ1) is 9.94. The molecule has 1 fully saturated rings. The third kappa shape index (κ3) is 4.63. The maximum atomic E-state index is 11.3. The van der Waals surface area contributed by atoms with Crippen molar-refractivity contribution >= 4 is 11.9 Å². The number of rotatable bonds is 6. The second-order valence-corrected chi connectivity index (χ2v) is 4.71. The number of carbonyl (C=O) groups excluding carboxylic acids is 2. The van der Waals surface area contributed by atoms with Crippen LogP contribution >= 0.6 is 0 Å². The molecule has 21 heavy (non-hydrogen) atoms. The van der Waals surface area contributed by atoms with E-state index < -0.39 is 36.6 Å². The lowest BCUT2D eigenvalue weighted by Gasteiger charge is -2.44. The Balaban J connectivity index is 2.91. The molecule has 0 spiro atoms. The number of carbonyl (C=O) groups is 2. The van der Waals surface area contributed by atoms with Crippen molar-refractivity contribution in [3.63, 3.8) is 0 Å². The van der Waals surface area contributed by atoms with Crippen LogP contribution in [0.4, 0.5) is 0 Å². The summed E-state index contributed by atoms with van der Waals surface area (Å²) in [5.74, 6) is -0.652. The maximum absolute atomic E-state index is 11.3. The summed E-state index contributed by atoms with van der Waals surface area (Å²) >= 11 is 0. The average Bonchev–Trinajstić information content (AvgIpc) is 2.44. The number of ether oxygens (including phenoxy) is 5. The minimum Gasteiger partial charge on any atom is -0.463 e. The van der Waals surface area contributed by atoms with Gasteiger partial charge < -0.3 is 29.0 Å². The number of amides is 1. The standard InChI is InChI=1S/C13H23NO7/c1-7(15)14-10-12(18-4)11(17-3)9(6-20-8(2)16)21-13(10)19-5/h9-13H,6H2,1-5H3,(H,14,15)/t9-,10-,11-,12-,13+/m1/s1. The van der Waals surface area contributed by atoms with E-state index in [9.17, 15) is 9.59 Å². The second kappa shape index (κ2) is 8.28. The highest BCUT2D eigenvalue weighted by molar-refractivity contribution is 5.73. The van der Waals surface area contributed by atoms with Gasteiger partial charge in [0.2, 0.25) is 5.91 Å². The van der Waals surface area contributed by atoms with E-state index in [0.29, 0.717) is 0 Å². The molecule has 1 rings (SSSR count). The van der Waals surface area contributed by atoms with Crippen LogP contribution in [0.15, 0.2) is 0 Å². The highest BCUT2D eigenvalue weighted by Gasteiger charge is 2.47. The van der Waals surface area contributed by atoms with Crippen molar-refractivity contribution in [2.75, 3.05) is 27.9 Å². The van der Waals surface area contributed by atoms with Gasteiger partial charge in [-0.2, -0.15) is 0 Å².